The number of carboxylic acid groups (broad SMARTS) is 1. The normalized spacial score (nSPS) is 22.9. The molecule has 0 radical (unpaired) electrons. The van der Waals surface area contributed by atoms with Crippen molar-refractivity contribution in [3.63, 3.8) is 0 Å². The van der Waals surface area contributed by atoms with E-state index in [1.165, 1.54) is 0 Å². The highest BCUT2D eigenvalue weighted by atomic mass is 35.5. The van der Waals surface area contributed by atoms with Gasteiger partial charge in [0, 0.05) is 16.5 Å². The molecule has 112 valence electrons. The lowest BCUT2D eigenvalue weighted by atomic mass is 10.1. The number of carboxylic acids is 1. The first kappa shape index (κ1) is 14.6. The number of rotatable bonds is 4. The second kappa shape index (κ2) is 5.46. The van der Waals surface area contributed by atoms with Crippen LogP contribution in [0.25, 0.3) is 0 Å². The molecular weight excluding hydrogens is 302 g/mol. The van der Waals surface area contributed by atoms with Gasteiger partial charge in [-0.2, -0.15) is 0 Å². The molecule has 0 saturated heterocycles. The number of nitrogens with one attached hydrogen (secondary N) is 1. The molecule has 2 unspecified atom stereocenters. The van der Waals surface area contributed by atoms with Gasteiger partial charge in [-0.1, -0.05) is 41.9 Å². The van der Waals surface area contributed by atoms with Crippen LogP contribution in [0.15, 0.2) is 54.6 Å². The van der Waals surface area contributed by atoms with Gasteiger partial charge in [0.1, 0.15) is 5.54 Å². The number of halogens is 1. The van der Waals surface area contributed by atoms with Gasteiger partial charge in [-0.3, -0.25) is 4.79 Å². The maximum Gasteiger partial charge on any atom is 0.330 e. The molecule has 22 heavy (non-hydrogen) atoms. The van der Waals surface area contributed by atoms with E-state index in [0.29, 0.717) is 17.0 Å². The van der Waals surface area contributed by atoms with Gasteiger partial charge in [0.2, 0.25) is 0 Å². The molecule has 3 rings (SSSR count). The first-order valence-corrected chi connectivity index (χ1v) is 7.27. The van der Waals surface area contributed by atoms with Gasteiger partial charge in [0.15, 0.2) is 0 Å². The van der Waals surface area contributed by atoms with Crippen LogP contribution in [0.5, 0.6) is 0 Å². The molecular formula is C17H14ClNO3. The smallest absolute Gasteiger partial charge is 0.330 e. The van der Waals surface area contributed by atoms with Gasteiger partial charge in [-0.25, -0.2) is 4.79 Å². The van der Waals surface area contributed by atoms with Crippen LogP contribution in [-0.2, 0) is 4.79 Å². The maximum absolute atomic E-state index is 12.3. The summed E-state index contributed by atoms with van der Waals surface area (Å²) in [4.78, 5) is 23.9. The van der Waals surface area contributed by atoms with E-state index in [9.17, 15) is 14.7 Å². The minimum Gasteiger partial charge on any atom is -0.479 e. The molecule has 0 aromatic heterocycles. The van der Waals surface area contributed by atoms with E-state index in [1.807, 2.05) is 30.3 Å². The van der Waals surface area contributed by atoms with Gasteiger partial charge in [-0.15, -0.1) is 0 Å². The SMILES string of the molecule is O=C(NC1(C(=O)O)CC1c1ccccc1)c1ccc(Cl)cc1. The van der Waals surface area contributed by atoms with E-state index in [0.717, 1.165) is 5.56 Å². The van der Waals surface area contributed by atoms with Crippen molar-refractivity contribution >= 4 is 23.5 Å². The van der Waals surface area contributed by atoms with Gasteiger partial charge < -0.3 is 10.4 Å². The number of benzene rings is 2. The zero-order chi connectivity index (χ0) is 15.7. The lowest BCUT2D eigenvalue weighted by Gasteiger charge is -2.15. The topological polar surface area (TPSA) is 66.4 Å². The van der Waals surface area contributed by atoms with Crippen LogP contribution in [-0.4, -0.2) is 22.5 Å². The Balaban J connectivity index is 1.81. The molecule has 0 bridgehead atoms. The van der Waals surface area contributed by atoms with E-state index >= 15 is 0 Å². The lowest BCUT2D eigenvalue weighted by Crippen LogP contribution is -2.44. The monoisotopic (exact) mass is 315 g/mol. The van der Waals surface area contributed by atoms with Crippen molar-refractivity contribution in [2.75, 3.05) is 0 Å². The third-order valence-electron chi connectivity index (χ3n) is 3.99. The summed E-state index contributed by atoms with van der Waals surface area (Å²) in [5, 5.41) is 12.7. The predicted molar refractivity (Wildman–Crippen MR) is 83.1 cm³/mol. The second-order valence-electron chi connectivity index (χ2n) is 5.40. The van der Waals surface area contributed by atoms with E-state index in [4.69, 9.17) is 11.6 Å². The summed E-state index contributed by atoms with van der Waals surface area (Å²) in [6.45, 7) is 0. The quantitative estimate of drug-likeness (QED) is 0.911. The van der Waals surface area contributed by atoms with Crippen molar-refractivity contribution in [1.82, 2.24) is 5.32 Å². The average molecular weight is 316 g/mol. The molecule has 2 N–H and O–H groups in total. The predicted octanol–water partition coefficient (Wildman–Crippen LogP) is 3.08. The van der Waals surface area contributed by atoms with Crippen molar-refractivity contribution in [3.8, 4) is 0 Å². The number of hydrogen-bond donors (Lipinski definition) is 2. The minimum atomic E-state index is -1.22. The Morgan fingerprint density at radius 3 is 2.32 bits per heavy atom. The van der Waals surface area contributed by atoms with E-state index < -0.39 is 17.4 Å². The van der Waals surface area contributed by atoms with Gasteiger partial charge in [0.25, 0.3) is 5.91 Å². The third-order valence-corrected chi connectivity index (χ3v) is 4.24. The molecule has 5 heteroatoms. The number of amides is 1. The summed E-state index contributed by atoms with van der Waals surface area (Å²) in [5.41, 5.74) is 0.0861. The third kappa shape index (κ3) is 2.57. The van der Waals surface area contributed by atoms with Gasteiger partial charge >= 0.3 is 5.97 Å². The molecule has 1 aliphatic carbocycles. The molecule has 2 aromatic rings. The summed E-state index contributed by atoms with van der Waals surface area (Å²) < 4.78 is 0. The average Bonchev–Trinajstić information content (AvgIpc) is 3.24. The first-order valence-electron chi connectivity index (χ1n) is 6.89. The number of carbonyl (C=O) groups excluding carboxylic acids is 1. The molecule has 2 atom stereocenters. The Labute approximate surface area is 132 Å². The van der Waals surface area contributed by atoms with Crippen LogP contribution < -0.4 is 5.32 Å². The molecule has 1 aliphatic rings. The Morgan fingerprint density at radius 1 is 1.09 bits per heavy atom. The molecule has 1 amide bonds. The number of hydrogen-bond acceptors (Lipinski definition) is 2. The number of carbonyl (C=O) groups is 2. The van der Waals surface area contributed by atoms with Crippen molar-refractivity contribution in [1.29, 1.82) is 0 Å². The maximum atomic E-state index is 12.3. The Bertz CT molecular complexity index is 714. The van der Waals surface area contributed by atoms with Crippen LogP contribution in [0.3, 0.4) is 0 Å². The fourth-order valence-corrected chi connectivity index (χ4v) is 2.78. The fourth-order valence-electron chi connectivity index (χ4n) is 2.65. The van der Waals surface area contributed by atoms with Crippen LogP contribution >= 0.6 is 11.6 Å². The van der Waals surface area contributed by atoms with Crippen molar-refractivity contribution < 1.29 is 14.7 Å². The van der Waals surface area contributed by atoms with E-state index in [-0.39, 0.29) is 5.92 Å². The molecule has 0 heterocycles. The summed E-state index contributed by atoms with van der Waals surface area (Å²) in [7, 11) is 0. The Morgan fingerprint density at radius 2 is 1.73 bits per heavy atom. The first-order chi connectivity index (χ1) is 10.5. The zero-order valence-electron chi connectivity index (χ0n) is 11.6. The highest BCUT2D eigenvalue weighted by molar-refractivity contribution is 6.30. The summed E-state index contributed by atoms with van der Waals surface area (Å²) in [5.74, 6) is -1.62. The van der Waals surface area contributed by atoms with Gasteiger partial charge in [-0.05, 0) is 36.2 Å². The molecule has 0 spiro atoms. The van der Waals surface area contributed by atoms with Crippen LogP contribution in [0.1, 0.15) is 28.3 Å². The summed E-state index contributed by atoms with van der Waals surface area (Å²) >= 11 is 5.79. The lowest BCUT2D eigenvalue weighted by molar-refractivity contribution is -0.140. The fraction of sp³-hybridized carbons (Fsp3) is 0.176. The molecule has 1 fully saturated rings. The standard InChI is InChI=1S/C17H14ClNO3/c18-13-8-6-12(7-9-13)15(20)19-17(16(21)22)10-14(17)11-4-2-1-3-5-11/h1-9,14H,10H2,(H,19,20)(H,21,22). The van der Waals surface area contributed by atoms with E-state index in [1.54, 1.807) is 24.3 Å². The minimum absolute atomic E-state index is 0.206. The highest BCUT2D eigenvalue weighted by Gasteiger charge is 2.62. The number of aliphatic carboxylic acids is 1. The van der Waals surface area contributed by atoms with Gasteiger partial charge in [0.05, 0.1) is 0 Å². The molecule has 0 aliphatic heterocycles. The molecule has 2 aromatic carbocycles. The second-order valence-corrected chi connectivity index (χ2v) is 5.84. The summed E-state index contributed by atoms with van der Waals surface area (Å²) in [6, 6.07) is 15.7. The van der Waals surface area contributed by atoms with Crippen molar-refractivity contribution in [2.24, 2.45) is 0 Å². The van der Waals surface area contributed by atoms with Crippen molar-refractivity contribution in [2.45, 2.75) is 17.9 Å². The summed E-state index contributed by atoms with van der Waals surface area (Å²) in [6.07, 6.45) is 0.395. The largest absolute Gasteiger partial charge is 0.479 e. The van der Waals surface area contributed by atoms with Crippen LogP contribution in [0.4, 0.5) is 0 Å². The van der Waals surface area contributed by atoms with Crippen LogP contribution in [0, 0.1) is 0 Å². The zero-order valence-corrected chi connectivity index (χ0v) is 12.4. The van der Waals surface area contributed by atoms with Crippen molar-refractivity contribution in [3.05, 3.63) is 70.7 Å². The molecule has 1 saturated carbocycles. The Kier molecular flexibility index (Phi) is 3.62. The highest BCUT2D eigenvalue weighted by Crippen LogP contribution is 2.51. The Hall–Kier alpha value is -2.33. The van der Waals surface area contributed by atoms with E-state index in [2.05, 4.69) is 5.32 Å². The van der Waals surface area contributed by atoms with Crippen LogP contribution in [0.2, 0.25) is 5.02 Å². The molecule has 4 nitrogen and oxygen atoms in total.